The Morgan fingerprint density at radius 1 is 0.852 bits per heavy atom. The second-order valence-electron chi connectivity index (χ2n) is 5.69. The van der Waals surface area contributed by atoms with E-state index < -0.39 is 5.97 Å². The molecule has 0 bridgehead atoms. The van der Waals surface area contributed by atoms with Crippen molar-refractivity contribution in [2.45, 2.75) is 6.54 Å². The highest BCUT2D eigenvalue weighted by Crippen LogP contribution is 2.12. The van der Waals surface area contributed by atoms with E-state index >= 15 is 0 Å². The minimum Gasteiger partial charge on any atom is -0.478 e. The van der Waals surface area contributed by atoms with E-state index in [1.54, 1.807) is 48.5 Å². The van der Waals surface area contributed by atoms with Gasteiger partial charge in [0.2, 0.25) is 0 Å². The molecule has 0 radical (unpaired) electrons. The largest absolute Gasteiger partial charge is 0.478 e. The average molecular weight is 364 g/mol. The van der Waals surface area contributed by atoms with Crippen molar-refractivity contribution < 1.29 is 23.9 Å². The Balaban J connectivity index is 1.55. The number of rotatable bonds is 6. The van der Waals surface area contributed by atoms with Crippen LogP contribution in [0.3, 0.4) is 0 Å². The lowest BCUT2D eigenvalue weighted by atomic mass is 10.1. The van der Waals surface area contributed by atoms with Gasteiger partial charge in [-0.2, -0.15) is 0 Å². The molecular formula is C20H16N2O5. The molecule has 1 aromatic heterocycles. The summed E-state index contributed by atoms with van der Waals surface area (Å²) in [5.74, 6) is -1.45. The van der Waals surface area contributed by atoms with Crippen molar-refractivity contribution in [1.29, 1.82) is 0 Å². The molecule has 0 aliphatic heterocycles. The third kappa shape index (κ3) is 4.60. The van der Waals surface area contributed by atoms with Gasteiger partial charge >= 0.3 is 5.97 Å². The molecular weight excluding hydrogens is 348 g/mol. The van der Waals surface area contributed by atoms with Gasteiger partial charge in [-0.1, -0.05) is 12.1 Å². The first-order valence-electron chi connectivity index (χ1n) is 8.08. The molecule has 7 nitrogen and oxygen atoms in total. The first-order valence-corrected chi connectivity index (χ1v) is 8.08. The van der Waals surface area contributed by atoms with Crippen LogP contribution >= 0.6 is 0 Å². The van der Waals surface area contributed by atoms with E-state index in [0.717, 1.165) is 5.56 Å². The number of carbonyl (C=O) groups excluding carboxylic acids is 2. The quantitative estimate of drug-likeness (QED) is 0.622. The zero-order chi connectivity index (χ0) is 19.2. The summed E-state index contributed by atoms with van der Waals surface area (Å²) < 4.78 is 5.02. The van der Waals surface area contributed by atoms with Crippen molar-refractivity contribution in [2.24, 2.45) is 0 Å². The second-order valence-corrected chi connectivity index (χ2v) is 5.69. The molecule has 0 saturated heterocycles. The van der Waals surface area contributed by atoms with E-state index in [-0.39, 0.29) is 29.7 Å². The molecule has 0 fully saturated rings. The topological polar surface area (TPSA) is 109 Å². The van der Waals surface area contributed by atoms with Crippen molar-refractivity contribution in [3.05, 3.63) is 89.4 Å². The molecule has 0 spiro atoms. The van der Waals surface area contributed by atoms with Crippen LogP contribution in [0.2, 0.25) is 0 Å². The smallest absolute Gasteiger partial charge is 0.335 e. The fourth-order valence-electron chi connectivity index (χ4n) is 2.35. The van der Waals surface area contributed by atoms with E-state index in [1.807, 2.05) is 0 Å². The van der Waals surface area contributed by atoms with Gasteiger partial charge in [0.15, 0.2) is 5.76 Å². The molecule has 0 unspecified atom stereocenters. The van der Waals surface area contributed by atoms with Crippen LogP contribution in [0.25, 0.3) is 0 Å². The molecule has 2 aromatic carbocycles. The summed E-state index contributed by atoms with van der Waals surface area (Å²) >= 11 is 0. The second kappa shape index (κ2) is 8.01. The van der Waals surface area contributed by atoms with E-state index in [4.69, 9.17) is 9.52 Å². The molecule has 0 saturated carbocycles. The average Bonchev–Trinajstić information content (AvgIpc) is 3.22. The van der Waals surface area contributed by atoms with Gasteiger partial charge in [-0.3, -0.25) is 9.59 Å². The Bertz CT molecular complexity index is 945. The van der Waals surface area contributed by atoms with Gasteiger partial charge in [-0.15, -0.1) is 0 Å². The zero-order valence-corrected chi connectivity index (χ0v) is 14.1. The minimum atomic E-state index is -0.996. The summed E-state index contributed by atoms with van der Waals surface area (Å²) in [7, 11) is 0. The molecule has 0 atom stereocenters. The minimum absolute atomic E-state index is 0.192. The number of nitrogens with one attached hydrogen (secondary N) is 2. The number of hydrogen-bond donors (Lipinski definition) is 3. The maximum absolute atomic E-state index is 12.2. The Morgan fingerprint density at radius 2 is 1.52 bits per heavy atom. The number of amides is 2. The third-order valence-electron chi connectivity index (χ3n) is 3.80. The Labute approximate surface area is 154 Å². The van der Waals surface area contributed by atoms with Gasteiger partial charge in [-0.25, -0.2) is 4.79 Å². The summed E-state index contributed by atoms with van der Waals surface area (Å²) in [6.07, 6.45) is 1.41. The van der Waals surface area contributed by atoms with E-state index in [9.17, 15) is 14.4 Å². The zero-order valence-electron chi connectivity index (χ0n) is 14.1. The van der Waals surface area contributed by atoms with Gasteiger partial charge in [0.05, 0.1) is 11.8 Å². The number of furan rings is 1. The molecule has 3 aromatic rings. The van der Waals surface area contributed by atoms with Gasteiger partial charge < -0.3 is 20.2 Å². The lowest BCUT2D eigenvalue weighted by Crippen LogP contribution is -2.22. The molecule has 3 rings (SSSR count). The Kier molecular flexibility index (Phi) is 5.32. The van der Waals surface area contributed by atoms with E-state index in [2.05, 4.69) is 10.6 Å². The first-order chi connectivity index (χ1) is 13.0. The number of hydrogen-bond acceptors (Lipinski definition) is 4. The van der Waals surface area contributed by atoms with Gasteiger partial charge in [-0.05, 0) is 54.1 Å². The fraction of sp³-hybridized carbons (Fsp3) is 0.0500. The molecule has 27 heavy (non-hydrogen) atoms. The Hall–Kier alpha value is -3.87. The van der Waals surface area contributed by atoms with Crippen molar-refractivity contribution in [3.63, 3.8) is 0 Å². The number of benzene rings is 2. The maximum atomic E-state index is 12.2. The standard InChI is InChI=1S/C20H16N2O5/c23-18(21-12-13-3-5-15(6-4-13)20(25)26)14-7-9-16(10-8-14)22-19(24)17-2-1-11-27-17/h1-11H,12H2,(H,21,23)(H,22,24)(H,25,26). The number of aromatic carboxylic acids is 1. The molecule has 0 aliphatic carbocycles. The van der Waals surface area contributed by atoms with Crippen LogP contribution < -0.4 is 10.6 Å². The number of carboxylic acid groups (broad SMARTS) is 1. The lowest BCUT2D eigenvalue weighted by Gasteiger charge is -2.07. The normalized spacial score (nSPS) is 10.2. The SMILES string of the molecule is O=C(O)c1ccc(CNC(=O)c2ccc(NC(=O)c3ccco3)cc2)cc1. The monoisotopic (exact) mass is 364 g/mol. The summed E-state index contributed by atoms with van der Waals surface area (Å²) in [4.78, 5) is 34.9. The highest BCUT2D eigenvalue weighted by molar-refractivity contribution is 6.02. The summed E-state index contributed by atoms with van der Waals surface area (Å²) in [6, 6.07) is 15.9. The third-order valence-corrected chi connectivity index (χ3v) is 3.80. The molecule has 3 N–H and O–H groups in total. The van der Waals surface area contributed by atoms with Gasteiger partial charge in [0.25, 0.3) is 11.8 Å². The van der Waals surface area contributed by atoms with E-state index in [1.165, 1.54) is 18.4 Å². The molecule has 7 heteroatoms. The fourth-order valence-corrected chi connectivity index (χ4v) is 2.35. The van der Waals surface area contributed by atoms with Gasteiger partial charge in [0, 0.05) is 17.8 Å². The van der Waals surface area contributed by atoms with Crippen LogP contribution in [0, 0.1) is 0 Å². The number of carbonyl (C=O) groups is 3. The molecule has 2 amide bonds. The van der Waals surface area contributed by atoms with Gasteiger partial charge in [0.1, 0.15) is 0 Å². The van der Waals surface area contributed by atoms with Crippen LogP contribution in [-0.4, -0.2) is 22.9 Å². The van der Waals surface area contributed by atoms with Crippen LogP contribution in [0.4, 0.5) is 5.69 Å². The van der Waals surface area contributed by atoms with Crippen molar-refractivity contribution >= 4 is 23.5 Å². The number of carboxylic acids is 1. The lowest BCUT2D eigenvalue weighted by molar-refractivity contribution is 0.0696. The maximum Gasteiger partial charge on any atom is 0.335 e. The predicted octanol–water partition coefficient (Wildman–Crippen LogP) is 3.16. The predicted molar refractivity (Wildman–Crippen MR) is 97.7 cm³/mol. The van der Waals surface area contributed by atoms with Crippen molar-refractivity contribution in [3.8, 4) is 0 Å². The molecule has 1 heterocycles. The summed E-state index contributed by atoms with van der Waals surface area (Å²) in [5, 5.41) is 14.3. The number of anilines is 1. The van der Waals surface area contributed by atoms with Crippen molar-refractivity contribution in [1.82, 2.24) is 5.32 Å². The Morgan fingerprint density at radius 3 is 2.11 bits per heavy atom. The molecule has 136 valence electrons. The summed E-state index contributed by atoms with van der Waals surface area (Å²) in [5.41, 5.74) is 1.96. The highest BCUT2D eigenvalue weighted by atomic mass is 16.4. The first kappa shape index (κ1) is 17.9. The van der Waals surface area contributed by atoms with Crippen molar-refractivity contribution in [2.75, 3.05) is 5.32 Å². The van der Waals surface area contributed by atoms with E-state index in [0.29, 0.717) is 11.3 Å². The van der Waals surface area contributed by atoms with Crippen LogP contribution in [0.1, 0.15) is 36.8 Å². The van der Waals surface area contributed by atoms with Crippen LogP contribution in [0.15, 0.2) is 71.3 Å². The molecule has 0 aliphatic rings. The van der Waals surface area contributed by atoms with Crippen LogP contribution in [-0.2, 0) is 6.54 Å². The highest BCUT2D eigenvalue weighted by Gasteiger charge is 2.10. The summed E-state index contributed by atoms with van der Waals surface area (Å²) in [6.45, 7) is 0.274. The van der Waals surface area contributed by atoms with Crippen LogP contribution in [0.5, 0.6) is 0 Å².